The minimum atomic E-state index is -0.219. The van der Waals surface area contributed by atoms with Crippen molar-refractivity contribution in [1.82, 2.24) is 20.1 Å². The maximum absolute atomic E-state index is 13.4. The fraction of sp³-hybridized carbons (Fsp3) is 0.375. The van der Waals surface area contributed by atoms with Gasteiger partial charge in [-0.15, -0.1) is 0 Å². The van der Waals surface area contributed by atoms with Gasteiger partial charge in [0.05, 0.1) is 22.8 Å². The standard InChI is InChI=1S/C22H22Cl2N4O2.C2H6/c1-10-7-11(2)25-21(29)16(10)9-28-6-5-14-17(23)8-15(20(24)19(14)22(28)30)18-12(3)26-27-13(18)4;1-2/h7-8H,5-6,9H2,1-4H3,(H,25,29)(H,26,27);1-2H3. The Balaban J connectivity index is 0.00000141. The number of fused-ring (bicyclic) bond motifs is 1. The van der Waals surface area contributed by atoms with Crippen molar-refractivity contribution >= 4 is 29.1 Å². The third-order valence-electron chi connectivity index (χ3n) is 5.69. The number of benzene rings is 1. The zero-order valence-corrected chi connectivity index (χ0v) is 20.8. The normalized spacial score (nSPS) is 13.0. The van der Waals surface area contributed by atoms with Crippen LogP contribution in [-0.4, -0.2) is 32.5 Å². The van der Waals surface area contributed by atoms with Crippen LogP contribution in [0, 0.1) is 27.7 Å². The van der Waals surface area contributed by atoms with Crippen molar-refractivity contribution in [2.75, 3.05) is 6.54 Å². The lowest BCUT2D eigenvalue weighted by Crippen LogP contribution is -2.39. The van der Waals surface area contributed by atoms with Crippen LogP contribution in [0.5, 0.6) is 0 Å². The van der Waals surface area contributed by atoms with Crippen LogP contribution in [0.4, 0.5) is 0 Å². The van der Waals surface area contributed by atoms with Gasteiger partial charge in [0, 0.05) is 39.6 Å². The Morgan fingerprint density at radius 2 is 1.75 bits per heavy atom. The second kappa shape index (κ2) is 9.51. The van der Waals surface area contributed by atoms with Crippen LogP contribution in [0.3, 0.4) is 0 Å². The molecule has 4 rings (SSSR count). The number of carbonyl (C=O) groups is 1. The number of aromatic nitrogens is 3. The van der Waals surface area contributed by atoms with E-state index >= 15 is 0 Å². The summed E-state index contributed by atoms with van der Waals surface area (Å²) < 4.78 is 0. The van der Waals surface area contributed by atoms with Crippen molar-refractivity contribution in [2.24, 2.45) is 0 Å². The van der Waals surface area contributed by atoms with Gasteiger partial charge < -0.3 is 9.88 Å². The van der Waals surface area contributed by atoms with Crippen molar-refractivity contribution in [3.63, 3.8) is 0 Å². The van der Waals surface area contributed by atoms with Gasteiger partial charge in [-0.2, -0.15) is 5.10 Å². The van der Waals surface area contributed by atoms with Crippen LogP contribution < -0.4 is 5.56 Å². The molecule has 0 bridgehead atoms. The van der Waals surface area contributed by atoms with E-state index in [9.17, 15) is 9.59 Å². The van der Waals surface area contributed by atoms with Gasteiger partial charge in [0.15, 0.2) is 0 Å². The maximum Gasteiger partial charge on any atom is 0.256 e. The summed E-state index contributed by atoms with van der Waals surface area (Å²) in [6.45, 7) is 12.2. The van der Waals surface area contributed by atoms with Crippen LogP contribution in [0.1, 0.15) is 58.0 Å². The van der Waals surface area contributed by atoms with Crippen LogP contribution in [0.15, 0.2) is 16.9 Å². The van der Waals surface area contributed by atoms with Gasteiger partial charge in [-0.25, -0.2) is 0 Å². The Bertz CT molecular complexity index is 1220. The molecule has 2 N–H and O–H groups in total. The summed E-state index contributed by atoms with van der Waals surface area (Å²) in [4.78, 5) is 30.3. The van der Waals surface area contributed by atoms with Gasteiger partial charge in [0.1, 0.15) is 0 Å². The van der Waals surface area contributed by atoms with Gasteiger partial charge in [-0.05, 0) is 57.4 Å². The van der Waals surface area contributed by atoms with E-state index < -0.39 is 0 Å². The predicted octanol–water partition coefficient (Wildman–Crippen LogP) is 5.53. The molecule has 2 aromatic heterocycles. The smallest absolute Gasteiger partial charge is 0.256 e. The number of amides is 1. The Hall–Kier alpha value is -2.57. The highest BCUT2D eigenvalue weighted by Gasteiger charge is 2.31. The Morgan fingerprint density at radius 1 is 1.06 bits per heavy atom. The first-order valence-corrected chi connectivity index (χ1v) is 11.5. The lowest BCUT2D eigenvalue weighted by molar-refractivity contribution is 0.0726. The van der Waals surface area contributed by atoms with E-state index in [1.807, 2.05) is 53.7 Å². The molecule has 0 fully saturated rings. The zero-order chi connectivity index (χ0) is 23.7. The molecule has 3 aromatic rings. The number of H-pyrrole nitrogens is 2. The lowest BCUT2D eigenvalue weighted by atomic mass is 9.92. The molecule has 0 radical (unpaired) electrons. The second-order valence-electron chi connectivity index (χ2n) is 7.80. The summed E-state index contributed by atoms with van der Waals surface area (Å²) in [5.74, 6) is -0.219. The van der Waals surface area contributed by atoms with E-state index in [0.29, 0.717) is 39.7 Å². The van der Waals surface area contributed by atoms with Crippen LogP contribution in [-0.2, 0) is 13.0 Å². The van der Waals surface area contributed by atoms with Gasteiger partial charge >= 0.3 is 0 Å². The monoisotopic (exact) mass is 474 g/mol. The van der Waals surface area contributed by atoms with E-state index in [0.717, 1.165) is 33.8 Å². The second-order valence-corrected chi connectivity index (χ2v) is 8.59. The molecule has 1 aliphatic heterocycles. The molecule has 0 spiro atoms. The number of aromatic amines is 2. The van der Waals surface area contributed by atoms with Crippen molar-refractivity contribution in [3.05, 3.63) is 71.9 Å². The van der Waals surface area contributed by atoms with E-state index in [4.69, 9.17) is 23.2 Å². The molecular formula is C24H28Cl2N4O2. The summed E-state index contributed by atoms with van der Waals surface area (Å²) in [6, 6.07) is 3.72. The number of nitrogens with one attached hydrogen (secondary N) is 2. The molecule has 1 aliphatic rings. The highest BCUT2D eigenvalue weighted by atomic mass is 35.5. The topological polar surface area (TPSA) is 81.8 Å². The number of pyridine rings is 1. The minimum Gasteiger partial charge on any atom is -0.334 e. The molecule has 0 atom stereocenters. The molecule has 3 heterocycles. The molecule has 0 saturated carbocycles. The van der Waals surface area contributed by atoms with E-state index in [-0.39, 0.29) is 18.0 Å². The maximum atomic E-state index is 13.4. The number of halogens is 2. The SMILES string of the molecule is CC.Cc1cc(C)c(CN2CCc3c(Cl)cc(-c4c(C)n[nH]c4C)c(Cl)c3C2=O)c(=O)[nH]1. The zero-order valence-electron chi connectivity index (χ0n) is 19.2. The Labute approximate surface area is 198 Å². The van der Waals surface area contributed by atoms with Crippen molar-refractivity contribution < 1.29 is 4.79 Å². The molecule has 0 unspecified atom stereocenters. The number of aryl methyl sites for hydroxylation is 4. The third-order valence-corrected chi connectivity index (χ3v) is 6.42. The largest absolute Gasteiger partial charge is 0.334 e. The van der Waals surface area contributed by atoms with Crippen molar-refractivity contribution in [1.29, 1.82) is 0 Å². The molecule has 1 amide bonds. The highest BCUT2D eigenvalue weighted by molar-refractivity contribution is 6.39. The fourth-order valence-corrected chi connectivity index (χ4v) is 4.83. The van der Waals surface area contributed by atoms with Crippen molar-refractivity contribution in [2.45, 2.75) is 54.5 Å². The van der Waals surface area contributed by atoms with E-state index in [1.165, 1.54) is 0 Å². The summed E-state index contributed by atoms with van der Waals surface area (Å²) in [6.07, 6.45) is 0.575. The third kappa shape index (κ3) is 4.21. The summed E-state index contributed by atoms with van der Waals surface area (Å²) >= 11 is 13.3. The summed E-state index contributed by atoms with van der Waals surface area (Å²) in [5, 5.41) is 8.06. The lowest BCUT2D eigenvalue weighted by Gasteiger charge is -2.30. The van der Waals surface area contributed by atoms with Gasteiger partial charge in [-0.3, -0.25) is 14.7 Å². The Kier molecular flexibility index (Phi) is 7.16. The molecule has 8 heteroatoms. The van der Waals surface area contributed by atoms with Gasteiger partial charge in [0.25, 0.3) is 11.5 Å². The van der Waals surface area contributed by atoms with Crippen LogP contribution >= 0.6 is 23.2 Å². The molecule has 170 valence electrons. The Morgan fingerprint density at radius 3 is 2.34 bits per heavy atom. The number of carbonyl (C=O) groups excluding carboxylic acids is 1. The average molecular weight is 475 g/mol. The minimum absolute atomic E-state index is 0.173. The van der Waals surface area contributed by atoms with E-state index in [1.54, 1.807) is 4.90 Å². The number of hydrogen-bond donors (Lipinski definition) is 2. The predicted molar refractivity (Wildman–Crippen MR) is 130 cm³/mol. The van der Waals surface area contributed by atoms with Gasteiger partial charge in [0.2, 0.25) is 0 Å². The first kappa shape index (κ1) is 24.1. The molecule has 0 saturated heterocycles. The van der Waals surface area contributed by atoms with E-state index in [2.05, 4.69) is 15.2 Å². The number of rotatable bonds is 3. The summed E-state index contributed by atoms with van der Waals surface area (Å²) in [7, 11) is 0. The first-order chi connectivity index (χ1) is 15.2. The fourth-order valence-electron chi connectivity index (χ4n) is 4.19. The molecule has 6 nitrogen and oxygen atoms in total. The van der Waals surface area contributed by atoms with Gasteiger partial charge in [-0.1, -0.05) is 37.0 Å². The molecular weight excluding hydrogens is 447 g/mol. The first-order valence-electron chi connectivity index (χ1n) is 10.7. The number of nitrogens with zero attached hydrogens (tertiary/aromatic N) is 2. The van der Waals surface area contributed by atoms with Crippen LogP contribution in [0.2, 0.25) is 10.0 Å². The molecule has 32 heavy (non-hydrogen) atoms. The number of hydrogen-bond acceptors (Lipinski definition) is 3. The highest BCUT2D eigenvalue weighted by Crippen LogP contribution is 2.41. The molecule has 0 aliphatic carbocycles. The summed E-state index contributed by atoms with van der Waals surface area (Å²) in [5.41, 5.74) is 6.39. The molecule has 1 aromatic carbocycles. The quantitative estimate of drug-likeness (QED) is 0.523. The van der Waals surface area contributed by atoms with Crippen molar-refractivity contribution in [3.8, 4) is 11.1 Å². The van der Waals surface area contributed by atoms with Crippen LogP contribution in [0.25, 0.3) is 11.1 Å². The average Bonchev–Trinajstić information content (AvgIpc) is 3.08.